The molecule has 3 N–H and O–H groups in total. The number of carbonyl (C=O) groups is 2. The number of fused-ring (bicyclic) bond motifs is 1. The van der Waals surface area contributed by atoms with E-state index in [1.807, 2.05) is 55.5 Å². The molecule has 0 spiro atoms. The molecule has 0 saturated heterocycles. The molecule has 3 aromatic carbocycles. The average Bonchev–Trinajstić information content (AvgIpc) is 3.62. The number of aliphatic hydroxyl groups excluding tert-OH is 1. The van der Waals surface area contributed by atoms with Crippen molar-refractivity contribution in [2.24, 2.45) is 0 Å². The predicted molar refractivity (Wildman–Crippen MR) is 151 cm³/mol. The molecule has 1 heterocycles. The fraction of sp³-hybridized carbons (Fsp3) is 0.355. The van der Waals surface area contributed by atoms with Gasteiger partial charge in [0, 0.05) is 14.1 Å². The number of carbonyl (C=O) groups excluding carboxylic acids is 2. The maximum absolute atomic E-state index is 13.4. The van der Waals surface area contributed by atoms with E-state index in [2.05, 4.69) is 17.6 Å². The highest BCUT2D eigenvalue weighted by molar-refractivity contribution is 6.02. The second-order valence-corrected chi connectivity index (χ2v) is 10.2. The molecule has 0 radical (unpaired) electrons. The van der Waals surface area contributed by atoms with Gasteiger partial charge < -0.3 is 25.2 Å². The van der Waals surface area contributed by atoms with Crippen LogP contribution in [0.5, 0.6) is 11.5 Å². The third-order valence-corrected chi connectivity index (χ3v) is 7.53. The van der Waals surface area contributed by atoms with Crippen molar-refractivity contribution in [3.63, 3.8) is 0 Å². The molecule has 1 saturated carbocycles. The SMILES string of the molecule is CCCC[C@@H](CO)NC(=O)c1ccc(-c2cc(NC(=O)C3(c4ccc5c(c4)OCO5)CC3)ccc2C)cc1.[HH].[HH]. The first-order valence-electron chi connectivity index (χ1n) is 13.3. The first-order valence-corrected chi connectivity index (χ1v) is 13.3. The van der Waals surface area contributed by atoms with Crippen LogP contribution in [0.4, 0.5) is 5.69 Å². The highest BCUT2D eigenvalue weighted by Gasteiger charge is 2.51. The van der Waals surface area contributed by atoms with Crippen molar-refractivity contribution in [2.75, 3.05) is 18.7 Å². The lowest BCUT2D eigenvalue weighted by atomic mass is 9.94. The van der Waals surface area contributed by atoms with E-state index >= 15 is 0 Å². The molecule has 0 aromatic heterocycles. The van der Waals surface area contributed by atoms with Gasteiger partial charge in [0.05, 0.1) is 18.1 Å². The topological polar surface area (TPSA) is 96.9 Å². The van der Waals surface area contributed by atoms with Crippen LogP contribution in [0.2, 0.25) is 0 Å². The summed E-state index contributed by atoms with van der Waals surface area (Å²) in [5.41, 5.74) is 4.67. The summed E-state index contributed by atoms with van der Waals surface area (Å²) in [6, 6.07) is 18.8. The van der Waals surface area contributed by atoms with E-state index in [-0.39, 0.29) is 34.1 Å². The summed E-state index contributed by atoms with van der Waals surface area (Å²) in [5.74, 6) is 1.17. The Morgan fingerprint density at radius 2 is 1.79 bits per heavy atom. The first-order chi connectivity index (χ1) is 18.4. The van der Waals surface area contributed by atoms with Crippen molar-refractivity contribution >= 4 is 17.5 Å². The Kier molecular flexibility index (Phi) is 7.38. The van der Waals surface area contributed by atoms with Gasteiger partial charge >= 0.3 is 0 Å². The molecule has 2 amide bonds. The number of nitrogens with one attached hydrogen (secondary N) is 2. The zero-order valence-electron chi connectivity index (χ0n) is 21.9. The standard InChI is InChI=1S/C31H34N2O5.2H2/c1-3-4-5-25(18-34)32-29(35)22-9-7-21(8-10-22)26-17-24(12-6-20(26)2)33-30(36)31(14-15-31)23-11-13-27-28(16-23)38-19-37-27;;/h6-13,16-17,25,34H,3-5,14-15,18-19H2,1-2H3,(H,32,35)(H,33,36);2*1H/t25-;;/m0../s1. The Morgan fingerprint density at radius 1 is 1.03 bits per heavy atom. The number of aliphatic hydroxyl groups is 1. The van der Waals surface area contributed by atoms with Gasteiger partial charge in [-0.2, -0.15) is 0 Å². The van der Waals surface area contributed by atoms with Gasteiger partial charge in [0.25, 0.3) is 5.91 Å². The second kappa shape index (κ2) is 10.9. The lowest BCUT2D eigenvalue weighted by Crippen LogP contribution is -2.37. The molecule has 202 valence electrons. The monoisotopic (exact) mass is 518 g/mol. The van der Waals surface area contributed by atoms with Crippen molar-refractivity contribution in [2.45, 2.75) is 57.4 Å². The molecule has 2 aliphatic rings. The van der Waals surface area contributed by atoms with Gasteiger partial charge in [0.15, 0.2) is 11.5 Å². The van der Waals surface area contributed by atoms with E-state index in [0.717, 1.165) is 60.0 Å². The Bertz CT molecular complexity index is 1340. The number of amides is 2. The van der Waals surface area contributed by atoms with Crippen LogP contribution in [0.3, 0.4) is 0 Å². The molecular weight excluding hydrogens is 480 g/mol. The number of ether oxygens (including phenoxy) is 2. The van der Waals surface area contributed by atoms with Gasteiger partial charge in [0.2, 0.25) is 12.7 Å². The molecule has 1 fully saturated rings. The molecule has 0 unspecified atom stereocenters. The van der Waals surface area contributed by atoms with Gasteiger partial charge in [-0.3, -0.25) is 9.59 Å². The van der Waals surface area contributed by atoms with E-state index < -0.39 is 5.41 Å². The number of anilines is 1. The van der Waals surface area contributed by atoms with Crippen LogP contribution in [-0.2, 0) is 10.2 Å². The minimum Gasteiger partial charge on any atom is -0.454 e. The van der Waals surface area contributed by atoms with E-state index in [4.69, 9.17) is 9.47 Å². The summed E-state index contributed by atoms with van der Waals surface area (Å²) in [7, 11) is 0. The Balaban J connectivity index is 0.00000220. The van der Waals surface area contributed by atoms with Gasteiger partial charge in [-0.05, 0) is 84.8 Å². The molecule has 38 heavy (non-hydrogen) atoms. The second-order valence-electron chi connectivity index (χ2n) is 10.2. The minimum atomic E-state index is -0.551. The molecule has 0 bridgehead atoms. The van der Waals surface area contributed by atoms with Gasteiger partial charge in [-0.1, -0.05) is 44.0 Å². The maximum atomic E-state index is 13.4. The number of hydrogen-bond donors (Lipinski definition) is 3. The van der Waals surface area contributed by atoms with Crippen molar-refractivity contribution in [1.29, 1.82) is 0 Å². The third-order valence-electron chi connectivity index (χ3n) is 7.53. The van der Waals surface area contributed by atoms with Crippen LogP contribution in [0, 0.1) is 6.92 Å². The summed E-state index contributed by atoms with van der Waals surface area (Å²) < 4.78 is 10.9. The molecule has 7 nitrogen and oxygen atoms in total. The zero-order chi connectivity index (χ0) is 26.7. The van der Waals surface area contributed by atoms with Crippen molar-refractivity contribution in [3.8, 4) is 22.6 Å². The van der Waals surface area contributed by atoms with Crippen LogP contribution in [0.25, 0.3) is 11.1 Å². The Hall–Kier alpha value is -3.84. The summed E-state index contributed by atoms with van der Waals surface area (Å²) in [6.07, 6.45) is 4.30. The molecule has 1 atom stereocenters. The minimum absolute atomic E-state index is 0. The number of unbranched alkanes of at least 4 members (excludes halogenated alkanes) is 1. The summed E-state index contributed by atoms with van der Waals surface area (Å²) in [4.78, 5) is 26.0. The Labute approximate surface area is 226 Å². The van der Waals surface area contributed by atoms with E-state index in [1.165, 1.54) is 0 Å². The molecule has 3 aromatic rings. The molecule has 1 aliphatic carbocycles. The third kappa shape index (κ3) is 5.24. The van der Waals surface area contributed by atoms with Gasteiger partial charge in [-0.15, -0.1) is 0 Å². The fourth-order valence-corrected chi connectivity index (χ4v) is 4.96. The summed E-state index contributed by atoms with van der Waals surface area (Å²) in [6.45, 7) is 4.24. The normalized spacial score (nSPS) is 15.6. The lowest BCUT2D eigenvalue weighted by Gasteiger charge is -2.18. The number of hydrogen-bond acceptors (Lipinski definition) is 5. The first kappa shape index (κ1) is 25.8. The quantitative estimate of drug-likeness (QED) is 0.314. The van der Waals surface area contributed by atoms with Gasteiger partial charge in [-0.25, -0.2) is 0 Å². The highest BCUT2D eigenvalue weighted by atomic mass is 16.7. The fourth-order valence-electron chi connectivity index (χ4n) is 4.96. The summed E-state index contributed by atoms with van der Waals surface area (Å²) in [5, 5.41) is 15.6. The van der Waals surface area contributed by atoms with Crippen LogP contribution in [0.15, 0.2) is 60.7 Å². The van der Waals surface area contributed by atoms with E-state index in [0.29, 0.717) is 17.1 Å². The number of aryl methyl sites for hydroxylation is 1. The summed E-state index contributed by atoms with van der Waals surface area (Å²) >= 11 is 0. The number of rotatable bonds is 10. The smallest absolute Gasteiger partial charge is 0.251 e. The lowest BCUT2D eigenvalue weighted by molar-refractivity contribution is -0.118. The van der Waals surface area contributed by atoms with Crippen LogP contribution in [0.1, 0.15) is 63.4 Å². The van der Waals surface area contributed by atoms with E-state index in [1.54, 1.807) is 12.1 Å². The maximum Gasteiger partial charge on any atom is 0.251 e. The molecule has 7 heteroatoms. The molecule has 5 rings (SSSR count). The number of benzene rings is 3. The highest BCUT2D eigenvalue weighted by Crippen LogP contribution is 2.51. The Morgan fingerprint density at radius 3 is 2.50 bits per heavy atom. The zero-order valence-corrected chi connectivity index (χ0v) is 21.9. The van der Waals surface area contributed by atoms with Crippen molar-refractivity contribution < 1.29 is 27.0 Å². The largest absolute Gasteiger partial charge is 0.454 e. The average molecular weight is 519 g/mol. The molecule has 1 aliphatic heterocycles. The predicted octanol–water partition coefficient (Wildman–Crippen LogP) is 5.83. The molecular formula is C31H38N2O5. The van der Waals surface area contributed by atoms with Crippen LogP contribution < -0.4 is 20.1 Å². The van der Waals surface area contributed by atoms with E-state index in [9.17, 15) is 14.7 Å². The van der Waals surface area contributed by atoms with Crippen LogP contribution >= 0.6 is 0 Å². The van der Waals surface area contributed by atoms with Gasteiger partial charge in [0.1, 0.15) is 0 Å². The van der Waals surface area contributed by atoms with Crippen LogP contribution in [-0.4, -0.2) is 36.4 Å². The van der Waals surface area contributed by atoms with Crippen molar-refractivity contribution in [3.05, 3.63) is 77.4 Å². The van der Waals surface area contributed by atoms with Crippen molar-refractivity contribution in [1.82, 2.24) is 5.32 Å².